The molecule has 4 rings (SSSR count). The van der Waals surface area contributed by atoms with Crippen molar-refractivity contribution in [3.63, 3.8) is 0 Å². The maximum atomic E-state index is 12.7. The molecule has 1 amide bonds. The lowest BCUT2D eigenvalue weighted by Crippen LogP contribution is -2.51. The molecule has 1 radical (unpaired) electrons. The second-order valence-corrected chi connectivity index (χ2v) is 9.39. The Hall–Kier alpha value is -2.58. The first kappa shape index (κ1) is 24.5. The van der Waals surface area contributed by atoms with Crippen LogP contribution in [0.25, 0.3) is 0 Å². The molecule has 7 nitrogen and oxygen atoms in total. The van der Waals surface area contributed by atoms with Crippen LogP contribution in [0.1, 0.15) is 36.7 Å². The van der Waals surface area contributed by atoms with Crippen LogP contribution < -0.4 is 9.47 Å². The van der Waals surface area contributed by atoms with Crippen molar-refractivity contribution < 1.29 is 14.3 Å². The molecule has 1 aliphatic heterocycles. The minimum Gasteiger partial charge on any atom is -0.480 e. The number of carbonyl (C=O) groups excluding carboxylic acids is 1. The molecule has 0 saturated carbocycles. The first-order valence-corrected chi connectivity index (χ1v) is 11.4. The van der Waals surface area contributed by atoms with E-state index in [-0.39, 0.29) is 11.8 Å². The molecule has 1 aromatic heterocycles. The maximum absolute atomic E-state index is 12.7. The van der Waals surface area contributed by atoms with Gasteiger partial charge in [0.25, 0.3) is 0 Å². The molecule has 0 bridgehead atoms. The fourth-order valence-corrected chi connectivity index (χ4v) is 5.33. The van der Waals surface area contributed by atoms with E-state index in [9.17, 15) is 4.79 Å². The van der Waals surface area contributed by atoms with Gasteiger partial charge in [0.05, 0.1) is 30.9 Å². The van der Waals surface area contributed by atoms with E-state index in [2.05, 4.69) is 16.6 Å². The number of methoxy groups -OCH3 is 2. The number of ether oxygens (including phenoxy) is 2. The Kier molecular flexibility index (Phi) is 6.66. The predicted octanol–water partition coefficient (Wildman–Crippen LogP) is 5.47. The molecule has 1 fully saturated rings. The van der Waals surface area contributed by atoms with Crippen LogP contribution in [0.15, 0.2) is 54.6 Å². The fraction of sp³-hybridized carbons (Fsp3) is 0.292. The summed E-state index contributed by atoms with van der Waals surface area (Å²) >= 11 is 19.5. The lowest BCUT2D eigenvalue weighted by molar-refractivity contribution is 0.137. The number of hydrogen-bond donors (Lipinski definition) is 0. The van der Waals surface area contributed by atoms with E-state index < -0.39 is 17.2 Å². The first-order valence-electron chi connectivity index (χ1n) is 10.3. The number of aromatic nitrogens is 2. The number of benzene rings is 2. The van der Waals surface area contributed by atoms with Gasteiger partial charge >= 0.3 is 6.41 Å². The van der Waals surface area contributed by atoms with Gasteiger partial charge in [0.2, 0.25) is 11.8 Å². The molecule has 0 aliphatic carbocycles. The Labute approximate surface area is 213 Å². The molecule has 2 aromatic carbocycles. The van der Waals surface area contributed by atoms with Crippen LogP contribution in [0.3, 0.4) is 0 Å². The molecule has 10 heteroatoms. The third-order valence-electron chi connectivity index (χ3n) is 6.67. The van der Waals surface area contributed by atoms with Crippen LogP contribution in [0.4, 0.5) is 0 Å². The molecule has 1 saturated heterocycles. The molecule has 2 heterocycles. The fourth-order valence-electron chi connectivity index (χ4n) is 4.63. The second kappa shape index (κ2) is 9.23. The van der Waals surface area contributed by atoms with E-state index in [1.807, 2.05) is 38.1 Å². The van der Waals surface area contributed by atoms with Gasteiger partial charge in [-0.3, -0.25) is 4.79 Å². The molecule has 1 aliphatic rings. The molecule has 0 spiro atoms. The average molecular weight is 521 g/mol. The Morgan fingerprint density at radius 3 is 1.88 bits per heavy atom. The van der Waals surface area contributed by atoms with E-state index in [1.54, 1.807) is 34.8 Å². The van der Waals surface area contributed by atoms with E-state index in [0.29, 0.717) is 15.6 Å². The van der Waals surface area contributed by atoms with Crippen molar-refractivity contribution in [3.8, 4) is 11.8 Å². The van der Waals surface area contributed by atoms with Crippen molar-refractivity contribution in [3.05, 3.63) is 81.3 Å². The van der Waals surface area contributed by atoms with Crippen molar-refractivity contribution >= 4 is 41.4 Å². The summed E-state index contributed by atoms with van der Waals surface area (Å²) in [7, 11) is 2.95. The highest BCUT2D eigenvalue weighted by Crippen LogP contribution is 2.61. The Morgan fingerprint density at radius 2 is 1.41 bits per heavy atom. The maximum Gasteiger partial charge on any atom is 0.314 e. The smallest absolute Gasteiger partial charge is 0.314 e. The minimum atomic E-state index is -1.01. The number of hydrogen-bond acceptors (Lipinski definition) is 6. The highest BCUT2D eigenvalue weighted by molar-refractivity contribution is 6.30. The summed E-state index contributed by atoms with van der Waals surface area (Å²) in [6.07, 6.45) is 1.29. The SMILES string of the molecule is COc1cc(C2N([C]=O)[C@](C)(c3ccc(Cl)cc3)[C@](C)(c3ccc(Cl)cc3)N2Cl)c(OC)nn1. The van der Waals surface area contributed by atoms with Gasteiger partial charge < -0.3 is 14.4 Å². The van der Waals surface area contributed by atoms with E-state index in [4.69, 9.17) is 44.5 Å². The molecule has 3 atom stereocenters. The number of halogens is 3. The zero-order chi connectivity index (χ0) is 24.7. The van der Waals surface area contributed by atoms with Crippen LogP contribution >= 0.6 is 35.0 Å². The summed E-state index contributed by atoms with van der Waals surface area (Å²) < 4.78 is 12.3. The minimum absolute atomic E-state index is 0.204. The highest BCUT2D eigenvalue weighted by Gasteiger charge is 2.65. The van der Waals surface area contributed by atoms with Gasteiger partial charge in [0.1, 0.15) is 6.17 Å². The lowest BCUT2D eigenvalue weighted by atomic mass is 9.71. The van der Waals surface area contributed by atoms with Crippen molar-refractivity contribution in [2.45, 2.75) is 31.1 Å². The van der Waals surface area contributed by atoms with E-state index in [0.717, 1.165) is 11.1 Å². The first-order chi connectivity index (χ1) is 16.2. The lowest BCUT2D eigenvalue weighted by Gasteiger charge is -2.45. The summed E-state index contributed by atoms with van der Waals surface area (Å²) in [6.45, 7) is 3.89. The normalized spacial score (nSPS) is 24.8. The molecule has 34 heavy (non-hydrogen) atoms. The van der Waals surface area contributed by atoms with Crippen LogP contribution in [-0.4, -0.2) is 40.1 Å². The summed E-state index contributed by atoms with van der Waals surface area (Å²) in [5.74, 6) is 0.454. The quantitative estimate of drug-likeness (QED) is 0.402. The summed E-state index contributed by atoms with van der Waals surface area (Å²) in [4.78, 5) is 14.2. The van der Waals surface area contributed by atoms with Crippen molar-refractivity contribution in [1.29, 1.82) is 0 Å². The Bertz CT molecular complexity index is 1200. The van der Waals surface area contributed by atoms with Gasteiger partial charge in [0.15, 0.2) is 0 Å². The largest absolute Gasteiger partial charge is 0.480 e. The second-order valence-electron chi connectivity index (χ2n) is 8.16. The third kappa shape index (κ3) is 3.58. The molecular weight excluding hydrogens is 499 g/mol. The number of nitrogens with zero attached hydrogens (tertiary/aromatic N) is 4. The van der Waals surface area contributed by atoms with Crippen molar-refractivity contribution in [2.24, 2.45) is 0 Å². The van der Waals surface area contributed by atoms with Gasteiger partial charge in [-0.25, -0.2) is 0 Å². The van der Waals surface area contributed by atoms with Crippen LogP contribution in [0.2, 0.25) is 10.0 Å². The van der Waals surface area contributed by atoms with Crippen LogP contribution in [0, 0.1) is 0 Å². The topological polar surface area (TPSA) is 67.8 Å². The van der Waals surface area contributed by atoms with Gasteiger partial charge in [-0.15, -0.1) is 10.2 Å². The third-order valence-corrected chi connectivity index (χ3v) is 7.70. The average Bonchev–Trinajstić information content (AvgIpc) is 3.03. The highest BCUT2D eigenvalue weighted by atomic mass is 35.5. The summed E-state index contributed by atoms with van der Waals surface area (Å²) in [6, 6.07) is 16.3. The summed E-state index contributed by atoms with van der Waals surface area (Å²) in [5.41, 5.74) is 0.155. The van der Waals surface area contributed by atoms with Crippen molar-refractivity contribution in [2.75, 3.05) is 14.2 Å². The van der Waals surface area contributed by atoms with Gasteiger partial charge in [-0.05, 0) is 61.0 Å². The van der Waals surface area contributed by atoms with E-state index >= 15 is 0 Å². The number of rotatable bonds is 6. The molecule has 177 valence electrons. The standard InChI is InChI=1S/C24H22Cl3N4O3/c1-23(15-5-9-17(25)10-6-15)24(2,16-7-11-18(26)12-8-16)31(27)22(30(23)14-32)19-13-20(33-3)28-29-21(19)34-4/h5-13,22H,1-4H3/t22?,23-,24+/m1/s1. The zero-order valence-electron chi connectivity index (χ0n) is 18.9. The van der Waals surface area contributed by atoms with E-state index in [1.165, 1.54) is 19.1 Å². The van der Waals surface area contributed by atoms with Crippen LogP contribution in [0.5, 0.6) is 11.8 Å². The van der Waals surface area contributed by atoms with Crippen molar-refractivity contribution in [1.82, 2.24) is 19.5 Å². The van der Waals surface area contributed by atoms with Gasteiger partial charge in [-0.1, -0.05) is 47.5 Å². The zero-order valence-corrected chi connectivity index (χ0v) is 21.2. The summed E-state index contributed by atoms with van der Waals surface area (Å²) in [5, 5.41) is 9.24. The monoisotopic (exact) mass is 519 g/mol. The molecule has 0 N–H and O–H groups in total. The predicted molar refractivity (Wildman–Crippen MR) is 131 cm³/mol. The Morgan fingerprint density at radius 1 is 0.882 bits per heavy atom. The Balaban J connectivity index is 2.03. The number of amides is 1. The molecule has 1 unspecified atom stereocenters. The van der Waals surface area contributed by atoms with Crippen LogP contribution in [-0.2, 0) is 15.9 Å². The molecule has 3 aromatic rings. The van der Waals surface area contributed by atoms with Gasteiger partial charge in [0, 0.05) is 16.1 Å². The molecular formula is C24H22Cl3N4O3. The van der Waals surface area contributed by atoms with Gasteiger partial charge in [-0.2, -0.15) is 4.42 Å².